The molecule has 0 spiro atoms. The molecule has 6 nitrogen and oxygen atoms in total. The average Bonchev–Trinajstić information content (AvgIpc) is 3.02. The Morgan fingerprint density at radius 1 is 1.31 bits per heavy atom. The molecule has 0 saturated carbocycles. The molecular weight excluding hydrogens is 357 g/mol. The predicted octanol–water partition coefficient (Wildman–Crippen LogP) is 2.29. The highest BCUT2D eigenvalue weighted by molar-refractivity contribution is 7.89. The number of fused-ring (bicyclic) bond motifs is 1. The van der Waals surface area contributed by atoms with Crippen molar-refractivity contribution >= 4 is 26.8 Å². The third kappa shape index (κ3) is 3.91. The van der Waals surface area contributed by atoms with Crippen molar-refractivity contribution in [2.24, 2.45) is 0 Å². The van der Waals surface area contributed by atoms with Crippen LogP contribution in [0.3, 0.4) is 0 Å². The molecule has 1 aromatic heterocycles. The number of halogens is 1. The molecule has 0 bridgehead atoms. The largest absolute Gasteiger partial charge is 0.361 e. The van der Waals surface area contributed by atoms with Gasteiger partial charge in [0.15, 0.2) is 0 Å². The summed E-state index contributed by atoms with van der Waals surface area (Å²) >= 11 is 0. The lowest BCUT2D eigenvalue weighted by molar-refractivity contribution is -0.131. The smallest absolute Gasteiger partial charge is 0.223 e. The molecule has 3 rings (SSSR count). The van der Waals surface area contributed by atoms with E-state index in [1.807, 2.05) is 6.20 Å². The van der Waals surface area contributed by atoms with Gasteiger partial charge in [0.2, 0.25) is 15.9 Å². The summed E-state index contributed by atoms with van der Waals surface area (Å²) in [6.45, 7) is 1.18. The van der Waals surface area contributed by atoms with Gasteiger partial charge < -0.3 is 9.88 Å². The maximum absolute atomic E-state index is 13.5. The monoisotopic (exact) mass is 381 g/mol. The Bertz CT molecular complexity index is 900. The number of carbonyl (C=O) groups excluding carboxylic acids is 1. The zero-order valence-electron chi connectivity index (χ0n) is 15.0. The van der Waals surface area contributed by atoms with Crippen molar-refractivity contribution in [1.29, 1.82) is 0 Å². The lowest BCUT2D eigenvalue weighted by Crippen LogP contribution is -2.39. The van der Waals surface area contributed by atoms with E-state index in [0.29, 0.717) is 13.1 Å². The maximum atomic E-state index is 13.5. The molecule has 1 fully saturated rings. The van der Waals surface area contributed by atoms with Crippen molar-refractivity contribution in [1.82, 2.24) is 14.2 Å². The van der Waals surface area contributed by atoms with E-state index in [4.69, 9.17) is 0 Å². The Kier molecular flexibility index (Phi) is 5.34. The maximum Gasteiger partial charge on any atom is 0.223 e. The molecular formula is C18H24FN3O3S. The quantitative estimate of drug-likeness (QED) is 0.864. The van der Waals surface area contributed by atoms with Gasteiger partial charge in [-0.05, 0) is 42.5 Å². The number of aromatic nitrogens is 1. The summed E-state index contributed by atoms with van der Waals surface area (Å²) in [7, 11) is -0.425. The van der Waals surface area contributed by atoms with Crippen LogP contribution in [-0.4, -0.2) is 61.5 Å². The van der Waals surface area contributed by atoms with Crippen LogP contribution < -0.4 is 0 Å². The van der Waals surface area contributed by atoms with E-state index in [2.05, 4.69) is 4.98 Å². The average molecular weight is 381 g/mol. The summed E-state index contributed by atoms with van der Waals surface area (Å²) in [5.74, 6) is -0.285. The highest BCUT2D eigenvalue weighted by Crippen LogP contribution is 2.33. The number of piperidine rings is 1. The molecule has 0 unspecified atom stereocenters. The van der Waals surface area contributed by atoms with Gasteiger partial charge in [0.25, 0.3) is 0 Å². The first-order valence-electron chi connectivity index (χ1n) is 8.72. The minimum absolute atomic E-state index is 0.00345. The number of rotatable bonds is 5. The molecule has 1 saturated heterocycles. The van der Waals surface area contributed by atoms with Gasteiger partial charge in [0.05, 0.1) is 5.75 Å². The van der Waals surface area contributed by atoms with Crippen molar-refractivity contribution in [2.45, 2.75) is 25.2 Å². The summed E-state index contributed by atoms with van der Waals surface area (Å²) in [5, 5.41) is 0.895. The predicted molar refractivity (Wildman–Crippen MR) is 98.9 cm³/mol. The number of likely N-dealkylation sites (tertiary alicyclic amines) is 1. The number of H-pyrrole nitrogens is 1. The van der Waals surface area contributed by atoms with E-state index in [1.54, 1.807) is 17.0 Å². The van der Waals surface area contributed by atoms with E-state index >= 15 is 0 Å². The number of nitrogens with zero attached hydrogens (tertiary/aromatic N) is 2. The molecule has 8 heteroatoms. The number of carbonyl (C=O) groups is 1. The van der Waals surface area contributed by atoms with Gasteiger partial charge >= 0.3 is 0 Å². The van der Waals surface area contributed by atoms with E-state index in [-0.39, 0.29) is 29.8 Å². The highest BCUT2D eigenvalue weighted by atomic mass is 32.2. The molecule has 1 aliphatic heterocycles. The Morgan fingerprint density at radius 3 is 2.65 bits per heavy atom. The lowest BCUT2D eigenvalue weighted by Gasteiger charge is -2.32. The van der Waals surface area contributed by atoms with Crippen molar-refractivity contribution in [2.75, 3.05) is 32.9 Å². The second-order valence-corrected chi connectivity index (χ2v) is 9.24. The van der Waals surface area contributed by atoms with E-state index in [9.17, 15) is 17.6 Å². The number of hydrogen-bond donors (Lipinski definition) is 1. The van der Waals surface area contributed by atoms with Gasteiger partial charge in [-0.1, -0.05) is 0 Å². The minimum Gasteiger partial charge on any atom is -0.361 e. The topological polar surface area (TPSA) is 73.5 Å². The second-order valence-electron chi connectivity index (χ2n) is 6.94. The van der Waals surface area contributed by atoms with Crippen LogP contribution in [-0.2, 0) is 14.8 Å². The fourth-order valence-electron chi connectivity index (χ4n) is 3.45. The van der Waals surface area contributed by atoms with Crippen LogP contribution in [0, 0.1) is 5.82 Å². The third-order valence-corrected chi connectivity index (χ3v) is 6.93. The molecule has 0 radical (unpaired) electrons. The zero-order valence-corrected chi connectivity index (χ0v) is 15.9. The Hall–Kier alpha value is -1.93. The molecule has 2 aromatic rings. The number of nitrogens with one attached hydrogen (secondary N) is 1. The standard InChI is InChI=1S/C18H24FN3O3S/c1-21(2)26(24,25)10-7-18(23)22-8-5-13(6-9-22)16-12-20-17-4-3-14(19)11-15(16)17/h3-4,11-13,20H,5-10H2,1-2H3. The lowest BCUT2D eigenvalue weighted by atomic mass is 9.89. The van der Waals surface area contributed by atoms with Crippen LogP contribution in [0.5, 0.6) is 0 Å². The van der Waals surface area contributed by atoms with Crippen LogP contribution in [0.25, 0.3) is 10.9 Å². The molecule has 1 aliphatic rings. The number of benzene rings is 1. The number of sulfonamides is 1. The summed E-state index contributed by atoms with van der Waals surface area (Å²) in [5.41, 5.74) is 2.00. The number of hydrogen-bond acceptors (Lipinski definition) is 3. The van der Waals surface area contributed by atoms with Crippen LogP contribution in [0.1, 0.15) is 30.7 Å². The van der Waals surface area contributed by atoms with Crippen LogP contribution in [0.4, 0.5) is 4.39 Å². The Labute approximate surface area is 153 Å². The first kappa shape index (κ1) is 18.8. The van der Waals surface area contributed by atoms with Crippen LogP contribution >= 0.6 is 0 Å². The van der Waals surface area contributed by atoms with Gasteiger partial charge in [0, 0.05) is 50.7 Å². The van der Waals surface area contributed by atoms with Crippen LogP contribution in [0.15, 0.2) is 24.4 Å². The molecule has 0 aliphatic carbocycles. The van der Waals surface area contributed by atoms with Crippen molar-refractivity contribution in [3.05, 3.63) is 35.8 Å². The summed E-state index contributed by atoms with van der Waals surface area (Å²) in [6, 6.07) is 4.72. The van der Waals surface area contributed by atoms with Crippen molar-refractivity contribution in [3.63, 3.8) is 0 Å². The van der Waals surface area contributed by atoms with Gasteiger partial charge in [-0.2, -0.15) is 0 Å². The normalized spacial score (nSPS) is 16.5. The molecule has 0 atom stereocenters. The van der Waals surface area contributed by atoms with Crippen LogP contribution in [0.2, 0.25) is 0 Å². The van der Waals surface area contributed by atoms with Gasteiger partial charge in [-0.25, -0.2) is 17.1 Å². The van der Waals surface area contributed by atoms with E-state index < -0.39 is 10.0 Å². The summed E-state index contributed by atoms with van der Waals surface area (Å²) in [6.07, 6.45) is 3.50. The minimum atomic E-state index is -3.36. The SMILES string of the molecule is CN(C)S(=O)(=O)CCC(=O)N1CCC(c2c[nH]c3ccc(F)cc23)CC1. The van der Waals surface area contributed by atoms with Crippen molar-refractivity contribution in [3.8, 4) is 0 Å². The third-order valence-electron chi connectivity index (χ3n) is 5.09. The molecule has 1 amide bonds. The second kappa shape index (κ2) is 7.36. The number of amides is 1. The molecule has 142 valence electrons. The first-order valence-corrected chi connectivity index (χ1v) is 10.3. The van der Waals surface area contributed by atoms with E-state index in [0.717, 1.165) is 33.6 Å². The molecule has 1 N–H and O–H groups in total. The molecule has 2 heterocycles. The van der Waals surface area contributed by atoms with Crippen molar-refractivity contribution < 1.29 is 17.6 Å². The van der Waals surface area contributed by atoms with E-state index in [1.165, 1.54) is 20.2 Å². The molecule has 26 heavy (non-hydrogen) atoms. The van der Waals surface area contributed by atoms with Gasteiger partial charge in [-0.3, -0.25) is 4.79 Å². The highest BCUT2D eigenvalue weighted by Gasteiger charge is 2.26. The Balaban J connectivity index is 1.60. The fourth-order valence-corrected chi connectivity index (χ4v) is 4.25. The summed E-state index contributed by atoms with van der Waals surface area (Å²) in [4.78, 5) is 17.2. The Morgan fingerprint density at radius 2 is 2.00 bits per heavy atom. The van der Waals surface area contributed by atoms with Gasteiger partial charge in [-0.15, -0.1) is 0 Å². The van der Waals surface area contributed by atoms with Gasteiger partial charge in [0.1, 0.15) is 5.82 Å². The summed E-state index contributed by atoms with van der Waals surface area (Å²) < 4.78 is 38.3. The first-order chi connectivity index (χ1) is 12.3. The molecule has 1 aromatic carbocycles. The fraction of sp³-hybridized carbons (Fsp3) is 0.500. The zero-order chi connectivity index (χ0) is 18.9. The number of aromatic amines is 1.